The van der Waals surface area contributed by atoms with Crippen LogP contribution >= 0.6 is 0 Å². The Morgan fingerprint density at radius 3 is 2.81 bits per heavy atom. The summed E-state index contributed by atoms with van der Waals surface area (Å²) in [5.41, 5.74) is 1.06. The van der Waals surface area contributed by atoms with Crippen LogP contribution in [0.5, 0.6) is 0 Å². The van der Waals surface area contributed by atoms with Crippen molar-refractivity contribution in [1.29, 1.82) is 0 Å². The van der Waals surface area contributed by atoms with Crippen molar-refractivity contribution in [2.45, 2.75) is 0 Å². The smallest absolute Gasteiger partial charge is 0.263 e. The van der Waals surface area contributed by atoms with Crippen LogP contribution in [0.2, 0.25) is 0 Å². The third kappa shape index (κ3) is 2.41. The van der Waals surface area contributed by atoms with E-state index in [1.54, 1.807) is 31.6 Å². The highest BCUT2D eigenvalue weighted by Crippen LogP contribution is 2.20. The van der Waals surface area contributed by atoms with Gasteiger partial charge in [0.15, 0.2) is 0 Å². The van der Waals surface area contributed by atoms with E-state index in [4.69, 9.17) is 0 Å². The van der Waals surface area contributed by atoms with Crippen molar-refractivity contribution in [3.8, 4) is 0 Å². The van der Waals surface area contributed by atoms with Crippen LogP contribution in [0.25, 0.3) is 10.9 Å². The topological polar surface area (TPSA) is 64.0 Å². The number of pyridine rings is 2. The van der Waals surface area contributed by atoms with Gasteiger partial charge in [0.05, 0.1) is 11.2 Å². The van der Waals surface area contributed by atoms with Crippen LogP contribution in [0.3, 0.4) is 0 Å². The number of carbonyl (C=O) groups excluding carboxylic acids is 1. The number of aryl methyl sites for hydroxylation is 1. The van der Waals surface area contributed by atoms with Crippen LogP contribution in [0.4, 0.5) is 5.69 Å². The molecule has 0 unspecified atom stereocenters. The standard InChI is InChI=1S/C16H13N3O2/c1-19-10-4-7-12(16(19)21)15(20)18-13-8-2-5-11-6-3-9-17-14(11)13/h2-10H,1H3,(H,18,20). The Morgan fingerprint density at radius 2 is 1.95 bits per heavy atom. The minimum atomic E-state index is -0.436. The van der Waals surface area contributed by atoms with Gasteiger partial charge in [-0.05, 0) is 24.3 Å². The predicted octanol–water partition coefficient (Wildman–Crippen LogP) is 2.19. The lowest BCUT2D eigenvalue weighted by molar-refractivity contribution is 0.102. The number of benzene rings is 1. The first-order chi connectivity index (χ1) is 10.2. The summed E-state index contributed by atoms with van der Waals surface area (Å²) < 4.78 is 1.37. The number of aromatic nitrogens is 2. The molecule has 21 heavy (non-hydrogen) atoms. The highest BCUT2D eigenvalue weighted by molar-refractivity contribution is 6.08. The number of nitrogens with zero attached hydrogens (tertiary/aromatic N) is 2. The molecular weight excluding hydrogens is 266 g/mol. The zero-order valence-corrected chi connectivity index (χ0v) is 11.4. The maximum absolute atomic E-state index is 12.3. The number of hydrogen-bond donors (Lipinski definition) is 1. The lowest BCUT2D eigenvalue weighted by atomic mass is 10.2. The minimum Gasteiger partial charge on any atom is -0.320 e. The van der Waals surface area contributed by atoms with E-state index in [1.165, 1.54) is 10.6 Å². The molecule has 104 valence electrons. The van der Waals surface area contributed by atoms with Crippen molar-refractivity contribution in [3.63, 3.8) is 0 Å². The Labute approximate surface area is 120 Å². The van der Waals surface area contributed by atoms with Crippen LogP contribution in [-0.2, 0) is 7.05 Å². The maximum Gasteiger partial charge on any atom is 0.263 e. The van der Waals surface area contributed by atoms with Gasteiger partial charge in [-0.2, -0.15) is 0 Å². The SMILES string of the molecule is Cn1cccc(C(=O)Nc2cccc3cccnc23)c1=O. The van der Waals surface area contributed by atoms with Gasteiger partial charge < -0.3 is 9.88 Å². The fourth-order valence-corrected chi connectivity index (χ4v) is 2.16. The summed E-state index contributed by atoms with van der Waals surface area (Å²) in [6.45, 7) is 0. The molecule has 0 aliphatic carbocycles. The number of hydrogen-bond acceptors (Lipinski definition) is 3. The van der Waals surface area contributed by atoms with Gasteiger partial charge in [0.25, 0.3) is 11.5 Å². The van der Waals surface area contributed by atoms with Gasteiger partial charge in [0.1, 0.15) is 5.56 Å². The Bertz CT molecular complexity index is 879. The van der Waals surface area contributed by atoms with Gasteiger partial charge in [-0.1, -0.05) is 18.2 Å². The number of carbonyl (C=O) groups is 1. The van der Waals surface area contributed by atoms with E-state index in [-0.39, 0.29) is 11.1 Å². The third-order valence-corrected chi connectivity index (χ3v) is 3.25. The van der Waals surface area contributed by atoms with Crippen molar-refractivity contribution in [3.05, 3.63) is 70.8 Å². The van der Waals surface area contributed by atoms with Gasteiger partial charge in [0.2, 0.25) is 0 Å². The molecule has 1 amide bonds. The Kier molecular flexibility index (Phi) is 3.23. The van der Waals surface area contributed by atoms with E-state index in [0.29, 0.717) is 11.2 Å². The minimum absolute atomic E-state index is 0.105. The molecule has 0 saturated carbocycles. The van der Waals surface area contributed by atoms with Crippen LogP contribution in [0.15, 0.2) is 59.7 Å². The molecule has 1 N–H and O–H groups in total. The number of fused-ring (bicyclic) bond motifs is 1. The molecule has 0 spiro atoms. The number of rotatable bonds is 2. The summed E-state index contributed by atoms with van der Waals surface area (Å²) in [6.07, 6.45) is 3.28. The summed E-state index contributed by atoms with van der Waals surface area (Å²) in [5.74, 6) is -0.436. The quantitative estimate of drug-likeness (QED) is 0.782. The monoisotopic (exact) mass is 279 g/mol. The number of amides is 1. The molecule has 0 aliphatic heterocycles. The van der Waals surface area contributed by atoms with Crippen LogP contribution in [0.1, 0.15) is 10.4 Å². The highest BCUT2D eigenvalue weighted by atomic mass is 16.2. The Balaban J connectivity index is 2.01. The summed E-state index contributed by atoms with van der Waals surface area (Å²) in [6, 6.07) is 12.4. The first-order valence-corrected chi connectivity index (χ1v) is 6.47. The summed E-state index contributed by atoms with van der Waals surface area (Å²) in [7, 11) is 1.61. The molecule has 3 aromatic rings. The molecule has 0 atom stereocenters. The van der Waals surface area contributed by atoms with Crippen LogP contribution in [0, 0.1) is 0 Å². The number of anilines is 1. The average Bonchev–Trinajstić information content (AvgIpc) is 2.50. The lowest BCUT2D eigenvalue weighted by Gasteiger charge is -2.08. The fraction of sp³-hybridized carbons (Fsp3) is 0.0625. The summed E-state index contributed by atoms with van der Waals surface area (Å²) >= 11 is 0. The molecule has 0 aliphatic rings. The first kappa shape index (κ1) is 13.1. The van der Waals surface area contributed by atoms with Crippen LogP contribution < -0.4 is 10.9 Å². The van der Waals surface area contributed by atoms with Gasteiger partial charge >= 0.3 is 0 Å². The second-order valence-electron chi connectivity index (χ2n) is 4.67. The van der Waals surface area contributed by atoms with Gasteiger partial charge in [-0.3, -0.25) is 14.6 Å². The molecule has 0 fully saturated rings. The predicted molar refractivity (Wildman–Crippen MR) is 81.4 cm³/mol. The van der Waals surface area contributed by atoms with E-state index < -0.39 is 5.91 Å². The molecule has 0 radical (unpaired) electrons. The third-order valence-electron chi connectivity index (χ3n) is 3.25. The van der Waals surface area contributed by atoms with Crippen molar-refractivity contribution >= 4 is 22.5 Å². The Morgan fingerprint density at radius 1 is 1.14 bits per heavy atom. The van der Waals surface area contributed by atoms with E-state index in [9.17, 15) is 9.59 Å². The molecule has 5 heteroatoms. The number of para-hydroxylation sites is 1. The lowest BCUT2D eigenvalue weighted by Crippen LogP contribution is -2.27. The second-order valence-corrected chi connectivity index (χ2v) is 4.67. The molecule has 1 aromatic carbocycles. The van der Waals surface area contributed by atoms with Gasteiger partial charge in [-0.15, -0.1) is 0 Å². The highest BCUT2D eigenvalue weighted by Gasteiger charge is 2.12. The average molecular weight is 279 g/mol. The molecule has 0 saturated heterocycles. The molecule has 3 rings (SSSR count). The zero-order valence-electron chi connectivity index (χ0n) is 11.4. The van der Waals surface area contributed by atoms with E-state index in [0.717, 1.165) is 5.39 Å². The Hall–Kier alpha value is -2.95. The van der Waals surface area contributed by atoms with Crippen molar-refractivity contribution in [2.24, 2.45) is 7.05 Å². The molecule has 5 nitrogen and oxygen atoms in total. The van der Waals surface area contributed by atoms with Gasteiger partial charge in [-0.25, -0.2) is 0 Å². The normalized spacial score (nSPS) is 10.5. The van der Waals surface area contributed by atoms with E-state index >= 15 is 0 Å². The van der Waals surface area contributed by atoms with Crippen molar-refractivity contribution in [2.75, 3.05) is 5.32 Å². The molecule has 2 aromatic heterocycles. The molecule has 0 bridgehead atoms. The largest absolute Gasteiger partial charge is 0.320 e. The van der Waals surface area contributed by atoms with E-state index in [1.807, 2.05) is 24.3 Å². The molecule has 2 heterocycles. The van der Waals surface area contributed by atoms with Crippen LogP contribution in [-0.4, -0.2) is 15.5 Å². The fourth-order valence-electron chi connectivity index (χ4n) is 2.16. The van der Waals surface area contributed by atoms with Crippen molar-refractivity contribution in [1.82, 2.24) is 9.55 Å². The van der Waals surface area contributed by atoms with Gasteiger partial charge in [0, 0.05) is 24.8 Å². The molecular formula is C16H13N3O2. The second kappa shape index (κ2) is 5.20. The zero-order chi connectivity index (χ0) is 14.8. The van der Waals surface area contributed by atoms with Crippen molar-refractivity contribution < 1.29 is 4.79 Å². The van der Waals surface area contributed by atoms with E-state index in [2.05, 4.69) is 10.3 Å². The summed E-state index contributed by atoms with van der Waals surface area (Å²) in [5, 5.41) is 3.68. The maximum atomic E-state index is 12.3. The summed E-state index contributed by atoms with van der Waals surface area (Å²) in [4.78, 5) is 28.5. The number of nitrogens with one attached hydrogen (secondary N) is 1. The first-order valence-electron chi connectivity index (χ1n) is 6.47.